The second-order valence-electron chi connectivity index (χ2n) is 8.91. The van der Waals surface area contributed by atoms with Crippen molar-refractivity contribution in [1.29, 1.82) is 0 Å². The molecule has 8 nitrogen and oxygen atoms in total. The maximum atomic E-state index is 13.5. The third kappa shape index (κ3) is 3.94. The fourth-order valence-corrected chi connectivity index (χ4v) is 5.12. The van der Waals surface area contributed by atoms with E-state index in [4.69, 9.17) is 0 Å². The fourth-order valence-electron chi connectivity index (χ4n) is 5.12. The largest absolute Gasteiger partial charge is 0.350 e. The summed E-state index contributed by atoms with van der Waals surface area (Å²) in [5.74, 6) is 1.19. The highest BCUT2D eigenvalue weighted by Gasteiger charge is 2.39. The van der Waals surface area contributed by atoms with Gasteiger partial charge in [-0.15, -0.1) is 0 Å². The van der Waals surface area contributed by atoms with Crippen LogP contribution in [0.25, 0.3) is 5.78 Å². The van der Waals surface area contributed by atoms with Gasteiger partial charge in [-0.05, 0) is 61.1 Å². The number of aromatic nitrogens is 4. The summed E-state index contributed by atoms with van der Waals surface area (Å²) in [5, 5.41) is 9.87. The molecule has 9 heteroatoms. The highest BCUT2D eigenvalue weighted by atomic mass is 19.1. The zero-order chi connectivity index (χ0) is 22.2. The van der Waals surface area contributed by atoms with E-state index in [9.17, 15) is 14.0 Å². The molecule has 0 radical (unpaired) electrons. The van der Waals surface area contributed by atoms with Gasteiger partial charge in [-0.3, -0.25) is 9.59 Å². The molecule has 2 saturated carbocycles. The summed E-state index contributed by atoms with van der Waals surface area (Å²) in [6, 6.07) is 6.10. The van der Waals surface area contributed by atoms with Gasteiger partial charge in [0.05, 0.1) is 0 Å². The number of carbonyl (C=O) groups is 2. The molecular formula is C23H25FN6O2. The Bertz CT molecular complexity index is 1190. The molecule has 2 aromatic heterocycles. The van der Waals surface area contributed by atoms with Gasteiger partial charge in [0.15, 0.2) is 0 Å². The third-order valence-electron chi connectivity index (χ3n) is 6.80. The van der Waals surface area contributed by atoms with Gasteiger partial charge in [-0.2, -0.15) is 14.6 Å². The molecule has 0 aliphatic heterocycles. The number of nitrogens with one attached hydrogen (secondary N) is 2. The third-order valence-corrected chi connectivity index (χ3v) is 6.80. The molecular weight excluding hydrogens is 411 g/mol. The van der Waals surface area contributed by atoms with E-state index in [0.717, 1.165) is 11.5 Å². The number of hydrogen-bond donors (Lipinski definition) is 2. The zero-order valence-electron chi connectivity index (χ0n) is 17.8. The minimum absolute atomic E-state index is 0.0782. The molecule has 2 fully saturated rings. The van der Waals surface area contributed by atoms with Gasteiger partial charge in [0.2, 0.25) is 0 Å². The van der Waals surface area contributed by atoms with Crippen LogP contribution in [0.3, 0.4) is 0 Å². The van der Waals surface area contributed by atoms with Crippen molar-refractivity contribution in [3.8, 4) is 0 Å². The lowest BCUT2D eigenvalue weighted by atomic mass is 9.89. The smallest absolute Gasteiger partial charge is 0.270 e. The van der Waals surface area contributed by atoms with Gasteiger partial charge in [-0.1, -0.05) is 18.6 Å². The van der Waals surface area contributed by atoms with Crippen molar-refractivity contribution >= 4 is 17.6 Å². The van der Waals surface area contributed by atoms with E-state index in [1.807, 2.05) is 0 Å². The van der Waals surface area contributed by atoms with E-state index in [0.29, 0.717) is 23.9 Å². The number of benzene rings is 1. The van der Waals surface area contributed by atoms with Crippen molar-refractivity contribution < 1.29 is 14.0 Å². The molecule has 2 heterocycles. The van der Waals surface area contributed by atoms with E-state index >= 15 is 0 Å². The molecule has 2 aliphatic carbocycles. The Morgan fingerprint density at radius 2 is 2.03 bits per heavy atom. The summed E-state index contributed by atoms with van der Waals surface area (Å²) in [6.07, 6.45) is 6.33. The van der Waals surface area contributed by atoms with Crippen LogP contribution < -0.4 is 10.6 Å². The first-order valence-electron chi connectivity index (χ1n) is 11.0. The number of aryl methyl sites for hydroxylation is 1. The number of hydrogen-bond acceptors (Lipinski definition) is 5. The van der Waals surface area contributed by atoms with Gasteiger partial charge in [-0.25, -0.2) is 9.37 Å². The number of fused-ring (bicyclic) bond motifs is 3. The highest BCUT2D eigenvalue weighted by Crippen LogP contribution is 2.47. The molecule has 5 rings (SSSR count). The predicted octanol–water partition coefficient (Wildman–Crippen LogP) is 2.67. The maximum Gasteiger partial charge on any atom is 0.270 e. The Hall–Kier alpha value is -3.36. The Labute approximate surface area is 184 Å². The molecule has 0 spiro atoms. The summed E-state index contributed by atoms with van der Waals surface area (Å²) in [7, 11) is 0. The minimum Gasteiger partial charge on any atom is -0.350 e. The van der Waals surface area contributed by atoms with Crippen molar-refractivity contribution in [1.82, 2.24) is 30.2 Å². The van der Waals surface area contributed by atoms with Crippen LogP contribution in [0.2, 0.25) is 0 Å². The summed E-state index contributed by atoms with van der Waals surface area (Å²) >= 11 is 0. The van der Waals surface area contributed by atoms with Crippen molar-refractivity contribution in [3.63, 3.8) is 0 Å². The average molecular weight is 436 g/mol. The van der Waals surface area contributed by atoms with Crippen LogP contribution in [0.1, 0.15) is 57.8 Å². The lowest BCUT2D eigenvalue weighted by molar-refractivity contribution is 0.0934. The maximum absolute atomic E-state index is 13.5. The van der Waals surface area contributed by atoms with Crippen LogP contribution in [0.4, 0.5) is 4.39 Å². The van der Waals surface area contributed by atoms with Crippen molar-refractivity contribution in [2.75, 3.05) is 6.54 Å². The van der Waals surface area contributed by atoms with Crippen LogP contribution >= 0.6 is 0 Å². The predicted molar refractivity (Wildman–Crippen MR) is 114 cm³/mol. The second-order valence-corrected chi connectivity index (χ2v) is 8.91. The van der Waals surface area contributed by atoms with Gasteiger partial charge in [0.25, 0.3) is 17.6 Å². The lowest BCUT2D eigenvalue weighted by Crippen LogP contribution is -2.33. The molecule has 32 heavy (non-hydrogen) atoms. The standard InChI is InChI=1S/C23H25FN6O2/c1-13-6-15(3-5-18(13)24)10-25-21(31)19-9-20(30-23(29-19)27-12-28-30)22(32)26-11-17-8-14-2-4-16(17)7-14/h3,5-6,9,12,14,16-17H,2,4,7-8,10-11H2,1H3,(H,25,31)(H,26,32)/t14-,16+,17?/m1/s1. The number of carbonyl (C=O) groups excluding carboxylic acids is 2. The number of halogens is 1. The van der Waals surface area contributed by atoms with E-state index < -0.39 is 5.91 Å². The number of rotatable bonds is 6. The van der Waals surface area contributed by atoms with Gasteiger partial charge < -0.3 is 10.6 Å². The summed E-state index contributed by atoms with van der Waals surface area (Å²) in [4.78, 5) is 34.0. The van der Waals surface area contributed by atoms with E-state index in [-0.39, 0.29) is 35.4 Å². The molecule has 3 aromatic rings. The highest BCUT2D eigenvalue weighted by molar-refractivity contribution is 5.98. The monoisotopic (exact) mass is 436 g/mol. The first-order chi connectivity index (χ1) is 15.5. The van der Waals surface area contributed by atoms with Crippen LogP contribution in [-0.2, 0) is 6.54 Å². The Balaban J connectivity index is 1.30. The SMILES string of the molecule is Cc1cc(CNC(=O)c2cc(C(=O)NCC3C[C@@H]4CC[C@H]3C4)n3ncnc3n2)ccc1F. The molecule has 2 N–H and O–H groups in total. The molecule has 2 aliphatic rings. The topological polar surface area (TPSA) is 101 Å². The molecule has 2 bridgehead atoms. The second kappa shape index (κ2) is 8.29. The van der Waals surface area contributed by atoms with Gasteiger partial charge in [0, 0.05) is 19.2 Å². The summed E-state index contributed by atoms with van der Waals surface area (Å²) in [6.45, 7) is 2.51. The van der Waals surface area contributed by atoms with Crippen LogP contribution in [0.15, 0.2) is 30.6 Å². The molecule has 1 unspecified atom stereocenters. The van der Waals surface area contributed by atoms with Crippen molar-refractivity contribution in [3.05, 3.63) is 58.9 Å². The van der Waals surface area contributed by atoms with Crippen LogP contribution in [0, 0.1) is 30.5 Å². The van der Waals surface area contributed by atoms with Crippen LogP contribution in [-0.4, -0.2) is 37.9 Å². The van der Waals surface area contributed by atoms with Gasteiger partial charge in [0.1, 0.15) is 23.5 Å². The first kappa shape index (κ1) is 20.5. The van der Waals surface area contributed by atoms with E-state index in [2.05, 4.69) is 25.7 Å². The van der Waals surface area contributed by atoms with E-state index in [1.165, 1.54) is 48.7 Å². The minimum atomic E-state index is -0.445. The normalized spacial score (nSPS) is 21.8. The zero-order valence-corrected chi connectivity index (χ0v) is 17.8. The molecule has 2 amide bonds. The Kier molecular flexibility index (Phi) is 5.32. The lowest BCUT2D eigenvalue weighted by Gasteiger charge is -2.21. The van der Waals surface area contributed by atoms with Crippen molar-refractivity contribution in [2.24, 2.45) is 17.8 Å². The summed E-state index contributed by atoms with van der Waals surface area (Å²) in [5.41, 5.74) is 1.58. The Morgan fingerprint density at radius 3 is 2.78 bits per heavy atom. The number of amides is 2. The molecule has 3 atom stereocenters. The average Bonchev–Trinajstić information content (AvgIpc) is 3.54. The quantitative estimate of drug-likeness (QED) is 0.619. The van der Waals surface area contributed by atoms with Crippen molar-refractivity contribution in [2.45, 2.75) is 39.2 Å². The molecule has 0 saturated heterocycles. The van der Waals surface area contributed by atoms with E-state index in [1.54, 1.807) is 19.1 Å². The molecule has 1 aromatic carbocycles. The molecule has 166 valence electrons. The van der Waals surface area contributed by atoms with Gasteiger partial charge >= 0.3 is 0 Å². The fraction of sp³-hybridized carbons (Fsp3) is 0.435. The van der Waals surface area contributed by atoms with Crippen LogP contribution in [0.5, 0.6) is 0 Å². The first-order valence-corrected chi connectivity index (χ1v) is 11.0. The summed E-state index contributed by atoms with van der Waals surface area (Å²) < 4.78 is 14.8. The Morgan fingerprint density at radius 1 is 1.16 bits per heavy atom. The number of nitrogens with zero attached hydrogens (tertiary/aromatic N) is 4.